The van der Waals surface area contributed by atoms with Gasteiger partial charge in [-0.15, -0.1) is 0 Å². The van der Waals surface area contributed by atoms with Crippen molar-refractivity contribution in [2.24, 2.45) is 0 Å². The number of hydrogen-bond acceptors (Lipinski definition) is 3. The van der Waals surface area contributed by atoms with Crippen molar-refractivity contribution in [2.75, 3.05) is 0 Å². The number of nitrogens with zero attached hydrogens (tertiary/aromatic N) is 1. The summed E-state index contributed by atoms with van der Waals surface area (Å²) in [5.74, 6) is -1.34. The first kappa shape index (κ1) is 9.05. The van der Waals surface area contributed by atoms with Gasteiger partial charge in [0.25, 0.3) is 5.24 Å². The van der Waals surface area contributed by atoms with Gasteiger partial charge in [-0.1, -0.05) is 5.16 Å². The summed E-state index contributed by atoms with van der Waals surface area (Å²) >= 11 is 4.84. The second-order valence-electron chi connectivity index (χ2n) is 1.85. The fourth-order valence-electron chi connectivity index (χ4n) is 0.501. The summed E-state index contributed by atoms with van der Waals surface area (Å²) < 4.78 is 39.1. The summed E-state index contributed by atoms with van der Waals surface area (Å²) in [6, 6.07) is 0.440. The van der Waals surface area contributed by atoms with E-state index in [9.17, 15) is 18.0 Å². The van der Waals surface area contributed by atoms with E-state index in [4.69, 9.17) is 11.6 Å². The standard InChI is InChI=1S/C5HClF3NO2/c6-4(11)2-1-3(12-10-2)5(7,8)9/h1H. The average Bonchev–Trinajstić information content (AvgIpc) is 2.30. The molecule has 0 atom stereocenters. The maximum absolute atomic E-state index is 11.8. The van der Waals surface area contributed by atoms with Crippen molar-refractivity contribution in [2.45, 2.75) is 6.18 Å². The zero-order valence-electron chi connectivity index (χ0n) is 5.35. The smallest absolute Gasteiger partial charge is 0.351 e. The quantitative estimate of drug-likeness (QED) is 0.651. The van der Waals surface area contributed by atoms with E-state index in [-0.39, 0.29) is 0 Å². The van der Waals surface area contributed by atoms with Crippen molar-refractivity contribution in [1.82, 2.24) is 5.16 Å². The number of halogens is 4. The summed E-state index contributed by atoms with van der Waals surface area (Å²) in [4.78, 5) is 10.3. The van der Waals surface area contributed by atoms with Gasteiger partial charge in [-0.05, 0) is 11.6 Å². The minimum absolute atomic E-state index is 0.440. The van der Waals surface area contributed by atoms with Gasteiger partial charge in [0.15, 0.2) is 5.69 Å². The number of carbonyl (C=O) groups is 1. The Hall–Kier alpha value is -1.04. The van der Waals surface area contributed by atoms with Gasteiger partial charge in [0.05, 0.1) is 0 Å². The number of hydrogen-bond donors (Lipinski definition) is 0. The third kappa shape index (κ3) is 1.76. The van der Waals surface area contributed by atoms with Gasteiger partial charge >= 0.3 is 6.18 Å². The van der Waals surface area contributed by atoms with E-state index >= 15 is 0 Å². The van der Waals surface area contributed by atoms with Gasteiger partial charge in [-0.3, -0.25) is 4.79 Å². The molecule has 1 heterocycles. The monoisotopic (exact) mass is 199 g/mol. The van der Waals surface area contributed by atoms with Crippen LogP contribution in [0, 0.1) is 0 Å². The highest BCUT2D eigenvalue weighted by atomic mass is 35.5. The van der Waals surface area contributed by atoms with Gasteiger partial charge in [0.2, 0.25) is 5.76 Å². The molecule has 1 aromatic rings. The number of alkyl halides is 3. The van der Waals surface area contributed by atoms with E-state index in [1.54, 1.807) is 0 Å². The van der Waals surface area contributed by atoms with Crippen LogP contribution in [0.2, 0.25) is 0 Å². The van der Waals surface area contributed by atoms with Crippen molar-refractivity contribution < 1.29 is 22.5 Å². The fraction of sp³-hybridized carbons (Fsp3) is 0.200. The lowest BCUT2D eigenvalue weighted by Crippen LogP contribution is -2.02. The van der Waals surface area contributed by atoms with Crippen molar-refractivity contribution >= 4 is 16.8 Å². The summed E-state index contributed by atoms with van der Waals surface area (Å²) in [5, 5.41) is 1.72. The first-order chi connectivity index (χ1) is 5.41. The molecule has 7 heteroatoms. The Morgan fingerprint density at radius 3 is 2.42 bits per heavy atom. The van der Waals surface area contributed by atoms with E-state index in [1.165, 1.54) is 0 Å². The van der Waals surface area contributed by atoms with Crippen LogP contribution in [0.5, 0.6) is 0 Å². The lowest BCUT2D eigenvalue weighted by molar-refractivity contribution is -0.155. The molecular formula is C5HClF3NO2. The lowest BCUT2D eigenvalue weighted by Gasteiger charge is -1.96. The van der Waals surface area contributed by atoms with Crippen LogP contribution in [-0.4, -0.2) is 10.4 Å². The lowest BCUT2D eigenvalue weighted by atomic mass is 10.4. The zero-order valence-corrected chi connectivity index (χ0v) is 6.11. The SMILES string of the molecule is O=C(Cl)c1cc(C(F)(F)F)on1. The van der Waals surface area contributed by atoms with E-state index in [1.807, 2.05) is 0 Å². The molecule has 0 aromatic carbocycles. The Kier molecular flexibility index (Phi) is 2.10. The molecule has 0 amide bonds. The summed E-state index contributed by atoms with van der Waals surface area (Å²) in [6.07, 6.45) is -4.64. The Morgan fingerprint density at radius 2 is 2.17 bits per heavy atom. The van der Waals surface area contributed by atoms with Crippen LogP contribution in [0.15, 0.2) is 10.6 Å². The largest absolute Gasteiger partial charge is 0.452 e. The molecule has 1 rings (SSSR count). The van der Waals surface area contributed by atoms with Crippen molar-refractivity contribution in [3.05, 3.63) is 17.5 Å². The summed E-state index contributed by atoms with van der Waals surface area (Å²) in [5.41, 5.74) is -0.552. The number of rotatable bonds is 1. The molecule has 66 valence electrons. The zero-order chi connectivity index (χ0) is 9.35. The van der Waals surface area contributed by atoms with Crippen LogP contribution in [0.25, 0.3) is 0 Å². The third-order valence-electron chi connectivity index (χ3n) is 0.991. The van der Waals surface area contributed by atoms with E-state index < -0.39 is 22.9 Å². The molecule has 0 spiro atoms. The molecule has 0 N–H and O–H groups in total. The Labute approximate surface area is 69.1 Å². The molecule has 0 aliphatic heterocycles. The average molecular weight is 200 g/mol. The topological polar surface area (TPSA) is 43.1 Å². The number of carbonyl (C=O) groups excluding carboxylic acids is 1. The van der Waals surface area contributed by atoms with Crippen molar-refractivity contribution in [3.63, 3.8) is 0 Å². The van der Waals surface area contributed by atoms with Crippen LogP contribution in [0.3, 0.4) is 0 Å². The third-order valence-corrected chi connectivity index (χ3v) is 1.18. The highest BCUT2D eigenvalue weighted by Crippen LogP contribution is 2.29. The molecule has 0 unspecified atom stereocenters. The van der Waals surface area contributed by atoms with Crippen LogP contribution in [0.4, 0.5) is 13.2 Å². The van der Waals surface area contributed by atoms with Crippen molar-refractivity contribution in [3.8, 4) is 0 Å². The minimum Gasteiger partial charge on any atom is -0.351 e. The van der Waals surface area contributed by atoms with Gasteiger partial charge in [0, 0.05) is 6.07 Å². The van der Waals surface area contributed by atoms with E-state index in [2.05, 4.69) is 9.68 Å². The minimum atomic E-state index is -4.64. The second kappa shape index (κ2) is 2.78. The summed E-state index contributed by atoms with van der Waals surface area (Å²) in [7, 11) is 0. The molecule has 0 saturated carbocycles. The van der Waals surface area contributed by atoms with Crippen LogP contribution in [0.1, 0.15) is 16.2 Å². The Morgan fingerprint density at radius 1 is 1.58 bits per heavy atom. The second-order valence-corrected chi connectivity index (χ2v) is 2.19. The molecule has 3 nitrogen and oxygen atoms in total. The Bertz CT molecular complexity index is 306. The predicted molar refractivity (Wildman–Crippen MR) is 31.7 cm³/mol. The van der Waals surface area contributed by atoms with Gasteiger partial charge in [-0.2, -0.15) is 13.2 Å². The van der Waals surface area contributed by atoms with Crippen LogP contribution >= 0.6 is 11.6 Å². The molecule has 0 fully saturated rings. The first-order valence-electron chi connectivity index (χ1n) is 2.65. The van der Waals surface area contributed by atoms with E-state index in [0.29, 0.717) is 6.07 Å². The van der Waals surface area contributed by atoms with Gasteiger partial charge in [-0.25, -0.2) is 0 Å². The molecule has 1 aromatic heterocycles. The normalized spacial score (nSPS) is 11.7. The van der Waals surface area contributed by atoms with E-state index in [0.717, 1.165) is 0 Å². The maximum atomic E-state index is 11.8. The molecule has 0 radical (unpaired) electrons. The molecular weight excluding hydrogens is 199 g/mol. The molecule has 0 aliphatic carbocycles. The number of aromatic nitrogens is 1. The molecule has 12 heavy (non-hydrogen) atoms. The molecule has 0 aliphatic rings. The van der Waals surface area contributed by atoms with Crippen molar-refractivity contribution in [1.29, 1.82) is 0 Å². The first-order valence-corrected chi connectivity index (χ1v) is 3.03. The fourth-order valence-corrected chi connectivity index (χ4v) is 0.590. The highest BCUT2D eigenvalue weighted by molar-refractivity contribution is 6.67. The summed E-state index contributed by atoms with van der Waals surface area (Å²) in [6.45, 7) is 0. The van der Waals surface area contributed by atoms with Crippen LogP contribution < -0.4 is 0 Å². The Balaban J connectivity index is 3.00. The maximum Gasteiger partial charge on any atom is 0.452 e. The molecule has 0 saturated heterocycles. The molecule has 0 bridgehead atoms. The van der Waals surface area contributed by atoms with Gasteiger partial charge in [0.1, 0.15) is 0 Å². The van der Waals surface area contributed by atoms with Gasteiger partial charge < -0.3 is 4.52 Å². The predicted octanol–water partition coefficient (Wildman–Crippen LogP) is 2.07. The van der Waals surface area contributed by atoms with Crippen LogP contribution in [-0.2, 0) is 6.18 Å². The highest BCUT2D eigenvalue weighted by Gasteiger charge is 2.36.